The maximum atomic E-state index is 13.2. The third-order valence-electron chi connectivity index (χ3n) is 10.5. The maximum absolute atomic E-state index is 13.2. The van der Waals surface area contributed by atoms with Crippen LogP contribution in [-0.4, -0.2) is 101 Å². The lowest BCUT2D eigenvalue weighted by Crippen LogP contribution is -2.48. The predicted molar refractivity (Wildman–Crippen MR) is 214 cm³/mol. The molecule has 0 spiro atoms. The number of hydrogen-bond acceptors (Lipinski definition) is 11. The first-order valence-corrected chi connectivity index (χ1v) is 20.8. The molecule has 0 bridgehead atoms. The van der Waals surface area contributed by atoms with E-state index < -0.39 is 35.7 Å². The van der Waals surface area contributed by atoms with Crippen LogP contribution in [0.5, 0.6) is 0 Å². The van der Waals surface area contributed by atoms with Crippen molar-refractivity contribution in [2.45, 2.75) is 140 Å². The minimum atomic E-state index is -0.783. The van der Waals surface area contributed by atoms with E-state index in [0.29, 0.717) is 38.7 Å². The fourth-order valence-corrected chi connectivity index (χ4v) is 9.64. The monoisotopic (exact) mass is 790 g/mol. The van der Waals surface area contributed by atoms with Crippen LogP contribution in [0.25, 0.3) is 0 Å². The summed E-state index contributed by atoms with van der Waals surface area (Å²) in [6, 6.07) is 30.4. The van der Waals surface area contributed by atoms with Crippen LogP contribution in [0.3, 0.4) is 0 Å². The zero-order valence-corrected chi connectivity index (χ0v) is 34.4. The van der Waals surface area contributed by atoms with Gasteiger partial charge < -0.3 is 43.2 Å². The highest BCUT2D eigenvalue weighted by Crippen LogP contribution is 2.46. The van der Waals surface area contributed by atoms with Crippen molar-refractivity contribution in [3.63, 3.8) is 0 Å². The molecule has 4 fully saturated rings. The van der Waals surface area contributed by atoms with Crippen LogP contribution in [0.2, 0.25) is 0 Å². The van der Waals surface area contributed by atoms with Gasteiger partial charge in [-0.15, -0.1) is 0 Å². The SMILES string of the molecule is CC(C)(C)OC(=O)NC[C@@H]1[C@@H](OCc2ccccc2)[C@H](OCc2ccccc2)[C@H](CS[C@@H]2[C@H]3OC(C)(C)O[C@H]3O[C@@H]2[C@H]2COC(C)(C)O2)N1Cc1ccccc1. The number of rotatable bonds is 14. The normalized spacial score (nSPS) is 31.0. The number of benzene rings is 3. The van der Waals surface area contributed by atoms with Crippen molar-refractivity contribution in [1.29, 1.82) is 0 Å². The molecule has 0 aromatic heterocycles. The van der Waals surface area contributed by atoms with Crippen molar-refractivity contribution in [1.82, 2.24) is 10.2 Å². The third kappa shape index (κ3) is 10.3. The lowest BCUT2D eigenvalue weighted by atomic mass is 10.1. The Labute approximate surface area is 336 Å². The summed E-state index contributed by atoms with van der Waals surface area (Å²) in [7, 11) is 0. The van der Waals surface area contributed by atoms with E-state index >= 15 is 0 Å². The second kappa shape index (κ2) is 17.4. The number of nitrogens with zero attached hydrogens (tertiary/aromatic N) is 1. The number of amides is 1. The highest BCUT2D eigenvalue weighted by atomic mass is 32.2. The van der Waals surface area contributed by atoms with Crippen LogP contribution in [0.15, 0.2) is 91.0 Å². The molecule has 0 aliphatic carbocycles. The van der Waals surface area contributed by atoms with E-state index in [1.807, 2.05) is 90.9 Å². The van der Waals surface area contributed by atoms with Crippen LogP contribution < -0.4 is 5.32 Å². The lowest BCUT2D eigenvalue weighted by Gasteiger charge is -2.33. The van der Waals surface area contributed by atoms with Crippen LogP contribution in [-0.2, 0) is 57.7 Å². The topological polar surface area (TPSA) is 106 Å². The van der Waals surface area contributed by atoms with E-state index in [-0.39, 0.29) is 41.7 Å². The fraction of sp³-hybridized carbons (Fsp3) is 0.568. The van der Waals surface area contributed by atoms with Crippen LogP contribution >= 0.6 is 11.8 Å². The van der Waals surface area contributed by atoms with Gasteiger partial charge in [0.05, 0.1) is 31.1 Å². The Morgan fingerprint density at radius 1 is 0.768 bits per heavy atom. The smallest absolute Gasteiger partial charge is 0.407 e. The largest absolute Gasteiger partial charge is 0.444 e. The highest BCUT2D eigenvalue weighted by Gasteiger charge is 2.59. The van der Waals surface area contributed by atoms with Gasteiger partial charge in [0.2, 0.25) is 0 Å². The van der Waals surface area contributed by atoms with Gasteiger partial charge in [-0.05, 0) is 65.2 Å². The van der Waals surface area contributed by atoms with Gasteiger partial charge in [-0.1, -0.05) is 91.0 Å². The number of carbonyl (C=O) groups excluding carboxylic acids is 1. The summed E-state index contributed by atoms with van der Waals surface area (Å²) < 4.78 is 51.5. The number of alkyl carbamates (subject to hydrolysis) is 1. The summed E-state index contributed by atoms with van der Waals surface area (Å²) in [5.74, 6) is -0.850. The standard InChI is InChI=1S/C44H58N2O9S/c1-42(2,3)55-41(47)45-23-32-35(48-25-30-19-13-9-14-20-30)36(49-26-31-21-15-10-16-22-31)33(46(32)24-29-17-11-8-12-18-29)28-56-39-37(34-27-50-43(4,5)52-34)51-40-38(39)53-44(6,7)54-40/h8-22,32-40H,23-28H2,1-7H3,(H,45,47)/t32-,33+,34-,35-,36-,37-,38-,39+,40-/m1/s1. The summed E-state index contributed by atoms with van der Waals surface area (Å²) in [5.41, 5.74) is 2.62. The molecule has 4 heterocycles. The molecule has 1 N–H and O–H groups in total. The summed E-state index contributed by atoms with van der Waals surface area (Å²) in [4.78, 5) is 15.7. The average Bonchev–Trinajstić information content (AvgIpc) is 3.85. The van der Waals surface area contributed by atoms with E-state index in [1.54, 1.807) is 11.8 Å². The quantitative estimate of drug-likeness (QED) is 0.182. The molecule has 4 aliphatic rings. The molecule has 0 radical (unpaired) electrons. The molecule has 304 valence electrons. The number of nitrogens with one attached hydrogen (secondary N) is 1. The van der Waals surface area contributed by atoms with Crippen molar-refractivity contribution in [2.24, 2.45) is 0 Å². The van der Waals surface area contributed by atoms with Gasteiger partial charge in [-0.25, -0.2) is 4.79 Å². The molecule has 56 heavy (non-hydrogen) atoms. The highest BCUT2D eigenvalue weighted by molar-refractivity contribution is 8.00. The molecular weight excluding hydrogens is 733 g/mol. The fourth-order valence-electron chi connectivity index (χ4n) is 8.04. The Hall–Kier alpha value is -3.04. The molecule has 0 saturated carbocycles. The maximum Gasteiger partial charge on any atom is 0.407 e. The number of fused-ring (bicyclic) bond motifs is 1. The average molecular weight is 791 g/mol. The van der Waals surface area contributed by atoms with Gasteiger partial charge in [0.15, 0.2) is 17.9 Å². The van der Waals surface area contributed by atoms with Crippen molar-refractivity contribution >= 4 is 17.9 Å². The number of thioether (sulfide) groups is 1. The lowest BCUT2D eigenvalue weighted by molar-refractivity contribution is -0.219. The Balaban J connectivity index is 1.23. The minimum absolute atomic E-state index is 0.125. The minimum Gasteiger partial charge on any atom is -0.444 e. The second-order valence-electron chi connectivity index (χ2n) is 16.9. The van der Waals surface area contributed by atoms with Gasteiger partial charge in [-0.3, -0.25) is 4.90 Å². The number of likely N-dealkylation sites (tertiary alicyclic amines) is 1. The van der Waals surface area contributed by atoms with Crippen molar-refractivity contribution in [3.8, 4) is 0 Å². The molecule has 1 amide bonds. The van der Waals surface area contributed by atoms with E-state index in [4.69, 9.17) is 37.9 Å². The molecule has 4 aliphatic heterocycles. The number of ether oxygens (including phenoxy) is 8. The predicted octanol–water partition coefficient (Wildman–Crippen LogP) is 7.06. The first-order chi connectivity index (χ1) is 26.7. The molecule has 3 aromatic rings. The molecule has 0 unspecified atom stereocenters. The van der Waals surface area contributed by atoms with E-state index in [0.717, 1.165) is 16.7 Å². The first-order valence-electron chi connectivity index (χ1n) is 19.8. The van der Waals surface area contributed by atoms with Gasteiger partial charge >= 0.3 is 6.09 Å². The first kappa shape index (κ1) is 41.1. The Bertz CT molecular complexity index is 1710. The van der Waals surface area contributed by atoms with E-state index in [2.05, 4.69) is 58.7 Å². The molecule has 11 nitrogen and oxygen atoms in total. The summed E-state index contributed by atoms with van der Waals surface area (Å²) in [6.45, 7) is 15.4. The van der Waals surface area contributed by atoms with Crippen LogP contribution in [0.4, 0.5) is 4.79 Å². The Kier molecular flexibility index (Phi) is 12.8. The zero-order valence-electron chi connectivity index (χ0n) is 33.6. The van der Waals surface area contributed by atoms with Crippen LogP contribution in [0.1, 0.15) is 65.2 Å². The molecule has 7 rings (SSSR count). The molecule has 9 atom stereocenters. The number of hydrogen-bond donors (Lipinski definition) is 1. The van der Waals surface area contributed by atoms with Crippen molar-refractivity contribution in [2.75, 3.05) is 18.9 Å². The van der Waals surface area contributed by atoms with Crippen LogP contribution in [0, 0.1) is 0 Å². The second-order valence-corrected chi connectivity index (χ2v) is 18.1. The zero-order chi connectivity index (χ0) is 39.5. The number of carbonyl (C=O) groups is 1. The molecule has 12 heteroatoms. The van der Waals surface area contributed by atoms with Gasteiger partial charge in [0, 0.05) is 24.9 Å². The van der Waals surface area contributed by atoms with E-state index in [1.165, 1.54) is 0 Å². The molecule has 4 saturated heterocycles. The van der Waals surface area contributed by atoms with Gasteiger partial charge in [0.25, 0.3) is 0 Å². The van der Waals surface area contributed by atoms with Gasteiger partial charge in [0.1, 0.15) is 36.1 Å². The summed E-state index contributed by atoms with van der Waals surface area (Å²) in [6.07, 6.45) is -2.71. The van der Waals surface area contributed by atoms with Crippen molar-refractivity contribution in [3.05, 3.63) is 108 Å². The third-order valence-corrected chi connectivity index (χ3v) is 11.9. The van der Waals surface area contributed by atoms with Crippen molar-refractivity contribution < 1.29 is 42.7 Å². The summed E-state index contributed by atoms with van der Waals surface area (Å²) >= 11 is 1.79. The summed E-state index contributed by atoms with van der Waals surface area (Å²) in [5, 5.41) is 2.97. The molecule has 3 aromatic carbocycles. The van der Waals surface area contributed by atoms with E-state index in [9.17, 15) is 4.79 Å². The Morgan fingerprint density at radius 2 is 1.34 bits per heavy atom. The van der Waals surface area contributed by atoms with Gasteiger partial charge in [-0.2, -0.15) is 11.8 Å². The Morgan fingerprint density at radius 3 is 1.89 bits per heavy atom. The molecular formula is C44H58N2O9S.